The van der Waals surface area contributed by atoms with E-state index in [0.717, 1.165) is 17.2 Å². The molecule has 0 aliphatic rings. The summed E-state index contributed by atoms with van der Waals surface area (Å²) in [5, 5.41) is 10.8. The van der Waals surface area contributed by atoms with Crippen molar-refractivity contribution in [3.8, 4) is 16.9 Å². The topological polar surface area (TPSA) is 42.4 Å². The standard InChI is InChI=1S/C25H25F4NO2/c1-23(2,21-13-20(26)10-11-22(21)32-3)16-24(31,25(27,28)29)14-17-6-8-18(9-7-17)19-5-4-12-30-15-19/h4-13,15,31H,14,16H2,1-3H3. The van der Waals surface area contributed by atoms with Crippen molar-refractivity contribution in [2.75, 3.05) is 7.11 Å². The number of alkyl halides is 3. The normalized spacial score (nSPS) is 14.1. The lowest BCUT2D eigenvalue weighted by Gasteiger charge is -2.38. The van der Waals surface area contributed by atoms with Gasteiger partial charge in [0, 0.05) is 24.4 Å². The minimum atomic E-state index is -4.90. The van der Waals surface area contributed by atoms with Crippen LogP contribution < -0.4 is 4.74 Å². The molecule has 170 valence electrons. The molecule has 0 aliphatic heterocycles. The average molecular weight is 447 g/mol. The third-order valence-electron chi connectivity index (χ3n) is 5.60. The van der Waals surface area contributed by atoms with Gasteiger partial charge in [-0.05, 0) is 52.8 Å². The van der Waals surface area contributed by atoms with Gasteiger partial charge in [-0.25, -0.2) is 4.39 Å². The molecule has 1 atom stereocenters. The second kappa shape index (κ2) is 8.90. The highest BCUT2D eigenvalue weighted by atomic mass is 19.4. The van der Waals surface area contributed by atoms with E-state index in [9.17, 15) is 22.7 Å². The molecule has 32 heavy (non-hydrogen) atoms. The molecule has 3 nitrogen and oxygen atoms in total. The van der Waals surface area contributed by atoms with Crippen LogP contribution in [0.4, 0.5) is 17.6 Å². The second-order valence-corrected chi connectivity index (χ2v) is 8.55. The molecule has 0 bridgehead atoms. The zero-order chi connectivity index (χ0) is 23.6. The number of pyridine rings is 1. The molecule has 1 unspecified atom stereocenters. The van der Waals surface area contributed by atoms with E-state index in [1.54, 1.807) is 42.7 Å². The number of hydrogen-bond acceptors (Lipinski definition) is 3. The maximum Gasteiger partial charge on any atom is 0.417 e. The van der Waals surface area contributed by atoms with Gasteiger partial charge in [0.05, 0.1) is 7.11 Å². The quantitative estimate of drug-likeness (QED) is 0.445. The van der Waals surface area contributed by atoms with Crippen molar-refractivity contribution in [3.05, 3.63) is 83.9 Å². The van der Waals surface area contributed by atoms with Gasteiger partial charge in [0.25, 0.3) is 0 Å². The predicted octanol–water partition coefficient (Wildman–Crippen LogP) is 6.10. The molecule has 3 rings (SSSR count). The second-order valence-electron chi connectivity index (χ2n) is 8.55. The SMILES string of the molecule is COc1ccc(F)cc1C(C)(C)CC(O)(Cc1ccc(-c2cccnc2)cc1)C(F)(F)F. The highest BCUT2D eigenvalue weighted by Gasteiger charge is 2.56. The lowest BCUT2D eigenvalue weighted by molar-refractivity contribution is -0.266. The van der Waals surface area contributed by atoms with Gasteiger partial charge in [-0.2, -0.15) is 13.2 Å². The molecular weight excluding hydrogens is 422 g/mol. The highest BCUT2D eigenvalue weighted by Crippen LogP contribution is 2.45. The summed E-state index contributed by atoms with van der Waals surface area (Å²) in [4.78, 5) is 4.04. The van der Waals surface area contributed by atoms with Gasteiger partial charge in [-0.3, -0.25) is 4.98 Å². The Morgan fingerprint density at radius 2 is 1.66 bits per heavy atom. The van der Waals surface area contributed by atoms with Crippen molar-refractivity contribution >= 4 is 0 Å². The summed E-state index contributed by atoms with van der Waals surface area (Å²) in [5.41, 5.74) is -2.02. The zero-order valence-electron chi connectivity index (χ0n) is 18.1. The highest BCUT2D eigenvalue weighted by molar-refractivity contribution is 5.62. The predicted molar refractivity (Wildman–Crippen MR) is 115 cm³/mol. The Balaban J connectivity index is 1.91. The third-order valence-corrected chi connectivity index (χ3v) is 5.60. The summed E-state index contributed by atoms with van der Waals surface area (Å²) < 4.78 is 61.3. The Morgan fingerprint density at radius 3 is 2.22 bits per heavy atom. The van der Waals surface area contributed by atoms with Crippen LogP contribution in [0.15, 0.2) is 67.0 Å². The minimum Gasteiger partial charge on any atom is -0.496 e. The molecular formula is C25H25F4NO2. The van der Waals surface area contributed by atoms with Gasteiger partial charge in [0.2, 0.25) is 0 Å². The van der Waals surface area contributed by atoms with Crippen molar-refractivity contribution in [1.29, 1.82) is 0 Å². The first-order chi connectivity index (χ1) is 14.9. The van der Waals surface area contributed by atoms with Crippen LogP contribution in [-0.4, -0.2) is 29.0 Å². The number of rotatable bonds is 7. The number of methoxy groups -OCH3 is 1. The van der Waals surface area contributed by atoms with E-state index in [-0.39, 0.29) is 11.3 Å². The van der Waals surface area contributed by atoms with E-state index in [1.807, 2.05) is 6.07 Å². The molecule has 0 saturated carbocycles. The molecule has 0 amide bonds. The lowest BCUT2D eigenvalue weighted by atomic mass is 9.72. The van der Waals surface area contributed by atoms with Crippen molar-refractivity contribution < 1.29 is 27.4 Å². The Morgan fingerprint density at radius 1 is 0.969 bits per heavy atom. The van der Waals surface area contributed by atoms with Gasteiger partial charge in [0.15, 0.2) is 5.60 Å². The van der Waals surface area contributed by atoms with Crippen LogP contribution in [0.1, 0.15) is 31.4 Å². The van der Waals surface area contributed by atoms with Gasteiger partial charge in [-0.1, -0.05) is 44.2 Å². The monoisotopic (exact) mass is 447 g/mol. The van der Waals surface area contributed by atoms with E-state index in [4.69, 9.17) is 4.74 Å². The van der Waals surface area contributed by atoms with Crippen molar-refractivity contribution in [2.24, 2.45) is 0 Å². The first kappa shape index (κ1) is 23.7. The van der Waals surface area contributed by atoms with Gasteiger partial charge < -0.3 is 9.84 Å². The Hall–Kier alpha value is -2.93. The smallest absolute Gasteiger partial charge is 0.417 e. The van der Waals surface area contributed by atoms with E-state index >= 15 is 0 Å². The Labute approximate surface area is 184 Å². The third kappa shape index (κ3) is 5.10. The summed E-state index contributed by atoms with van der Waals surface area (Å²) in [7, 11) is 1.37. The molecule has 0 saturated heterocycles. The molecule has 1 heterocycles. The molecule has 2 aromatic carbocycles. The molecule has 0 spiro atoms. The zero-order valence-corrected chi connectivity index (χ0v) is 18.1. The van der Waals surface area contributed by atoms with Crippen LogP contribution in [0.5, 0.6) is 5.75 Å². The summed E-state index contributed by atoms with van der Waals surface area (Å²) in [6, 6.07) is 13.8. The maximum absolute atomic E-state index is 14.1. The lowest BCUT2D eigenvalue weighted by Crippen LogP contribution is -2.50. The number of hydrogen-bond donors (Lipinski definition) is 1. The number of benzene rings is 2. The van der Waals surface area contributed by atoms with Crippen LogP contribution in [-0.2, 0) is 11.8 Å². The van der Waals surface area contributed by atoms with Crippen molar-refractivity contribution in [3.63, 3.8) is 0 Å². The minimum absolute atomic E-state index is 0.259. The van der Waals surface area contributed by atoms with Crippen molar-refractivity contribution in [2.45, 2.75) is 43.9 Å². The van der Waals surface area contributed by atoms with E-state index in [2.05, 4.69) is 4.98 Å². The summed E-state index contributed by atoms with van der Waals surface area (Å²) in [5.74, 6) is -0.322. The fourth-order valence-electron chi connectivity index (χ4n) is 3.98. The molecule has 0 fully saturated rings. The van der Waals surface area contributed by atoms with E-state index < -0.39 is 35.9 Å². The summed E-state index contributed by atoms with van der Waals surface area (Å²) in [6.45, 7) is 3.07. The van der Waals surface area contributed by atoms with Crippen LogP contribution in [0, 0.1) is 5.82 Å². The number of halogens is 4. The van der Waals surface area contributed by atoms with Crippen LogP contribution in [0.25, 0.3) is 11.1 Å². The fourth-order valence-corrected chi connectivity index (χ4v) is 3.98. The first-order valence-electron chi connectivity index (χ1n) is 10.1. The maximum atomic E-state index is 14.1. The summed E-state index contributed by atoms with van der Waals surface area (Å²) >= 11 is 0. The number of nitrogens with zero attached hydrogens (tertiary/aromatic N) is 1. The first-order valence-corrected chi connectivity index (χ1v) is 10.1. The molecule has 0 aliphatic carbocycles. The number of aliphatic hydroxyl groups is 1. The largest absolute Gasteiger partial charge is 0.496 e. The van der Waals surface area contributed by atoms with Crippen LogP contribution in [0.3, 0.4) is 0 Å². The van der Waals surface area contributed by atoms with Crippen LogP contribution in [0.2, 0.25) is 0 Å². The number of aromatic nitrogens is 1. The molecule has 1 aromatic heterocycles. The van der Waals surface area contributed by atoms with Gasteiger partial charge >= 0.3 is 6.18 Å². The number of ether oxygens (including phenoxy) is 1. The van der Waals surface area contributed by atoms with E-state index in [0.29, 0.717) is 5.56 Å². The molecule has 7 heteroatoms. The molecule has 1 N–H and O–H groups in total. The van der Waals surface area contributed by atoms with Crippen LogP contribution >= 0.6 is 0 Å². The Kier molecular flexibility index (Phi) is 6.60. The van der Waals surface area contributed by atoms with Gasteiger partial charge in [0.1, 0.15) is 11.6 Å². The molecule has 0 radical (unpaired) electrons. The molecule has 3 aromatic rings. The van der Waals surface area contributed by atoms with E-state index in [1.165, 1.54) is 33.1 Å². The average Bonchev–Trinajstić information content (AvgIpc) is 2.73. The summed E-state index contributed by atoms with van der Waals surface area (Å²) in [6.07, 6.45) is -2.90. The van der Waals surface area contributed by atoms with Gasteiger partial charge in [-0.15, -0.1) is 0 Å². The van der Waals surface area contributed by atoms with Crippen molar-refractivity contribution in [1.82, 2.24) is 4.98 Å². The fraction of sp³-hybridized carbons (Fsp3) is 0.320. The Bertz CT molecular complexity index is 1050.